The standard InChI is InChI=1S/C17H27NO/c1-13-4-8-16(9-5-13)18-15(3)12-19-17-10-6-14(2)7-11-17/h6-7,10-11,13,15-16,18H,4-5,8-9,12H2,1-3H3. The first-order chi connectivity index (χ1) is 9.13. The van der Waals surface area contributed by atoms with Crippen LogP contribution in [0, 0.1) is 12.8 Å². The predicted molar refractivity (Wildman–Crippen MR) is 80.7 cm³/mol. The highest BCUT2D eigenvalue weighted by molar-refractivity contribution is 5.26. The highest BCUT2D eigenvalue weighted by Gasteiger charge is 2.19. The van der Waals surface area contributed by atoms with Crippen LogP contribution in [-0.4, -0.2) is 18.7 Å². The quantitative estimate of drug-likeness (QED) is 0.867. The Morgan fingerprint density at radius 3 is 2.42 bits per heavy atom. The molecule has 1 saturated carbocycles. The van der Waals surface area contributed by atoms with Gasteiger partial charge in [-0.3, -0.25) is 0 Å². The average molecular weight is 261 g/mol. The molecule has 0 bridgehead atoms. The van der Waals surface area contributed by atoms with Gasteiger partial charge < -0.3 is 10.1 Å². The topological polar surface area (TPSA) is 21.3 Å². The Bertz CT molecular complexity index is 365. The van der Waals surface area contributed by atoms with E-state index < -0.39 is 0 Å². The maximum absolute atomic E-state index is 5.82. The highest BCUT2D eigenvalue weighted by atomic mass is 16.5. The fourth-order valence-electron chi connectivity index (χ4n) is 2.73. The first kappa shape index (κ1) is 14.4. The van der Waals surface area contributed by atoms with Crippen molar-refractivity contribution in [1.82, 2.24) is 5.32 Å². The summed E-state index contributed by atoms with van der Waals surface area (Å²) in [5.74, 6) is 1.88. The third-order valence-electron chi connectivity index (χ3n) is 4.06. The first-order valence-electron chi connectivity index (χ1n) is 7.59. The van der Waals surface area contributed by atoms with Crippen LogP contribution in [0.5, 0.6) is 5.75 Å². The van der Waals surface area contributed by atoms with Gasteiger partial charge in [0.2, 0.25) is 0 Å². The van der Waals surface area contributed by atoms with Crippen molar-refractivity contribution in [1.29, 1.82) is 0 Å². The van der Waals surface area contributed by atoms with Gasteiger partial charge in [0.05, 0.1) is 0 Å². The van der Waals surface area contributed by atoms with Crippen molar-refractivity contribution in [3.63, 3.8) is 0 Å². The van der Waals surface area contributed by atoms with Gasteiger partial charge in [0.25, 0.3) is 0 Å². The SMILES string of the molecule is Cc1ccc(OCC(C)NC2CCC(C)CC2)cc1. The summed E-state index contributed by atoms with van der Waals surface area (Å²) < 4.78 is 5.82. The molecule has 1 fully saturated rings. The summed E-state index contributed by atoms with van der Waals surface area (Å²) in [6.07, 6.45) is 5.36. The molecule has 1 aromatic rings. The zero-order valence-electron chi connectivity index (χ0n) is 12.5. The Morgan fingerprint density at radius 1 is 1.16 bits per heavy atom. The lowest BCUT2D eigenvalue weighted by molar-refractivity contribution is 0.232. The molecule has 1 aromatic carbocycles. The molecule has 106 valence electrons. The van der Waals surface area contributed by atoms with Crippen LogP contribution in [0.3, 0.4) is 0 Å². The highest BCUT2D eigenvalue weighted by Crippen LogP contribution is 2.23. The molecule has 0 heterocycles. The van der Waals surface area contributed by atoms with Crippen molar-refractivity contribution in [2.45, 2.75) is 58.5 Å². The molecule has 2 heteroatoms. The van der Waals surface area contributed by atoms with Crippen LogP contribution in [-0.2, 0) is 0 Å². The molecule has 0 aromatic heterocycles. The van der Waals surface area contributed by atoms with Gasteiger partial charge in [-0.1, -0.05) is 24.6 Å². The first-order valence-corrected chi connectivity index (χ1v) is 7.59. The summed E-state index contributed by atoms with van der Waals surface area (Å²) >= 11 is 0. The fraction of sp³-hybridized carbons (Fsp3) is 0.647. The number of hydrogen-bond donors (Lipinski definition) is 1. The van der Waals surface area contributed by atoms with Gasteiger partial charge in [0.1, 0.15) is 12.4 Å². The lowest BCUT2D eigenvalue weighted by Gasteiger charge is -2.29. The number of rotatable bonds is 5. The molecule has 0 saturated heterocycles. The van der Waals surface area contributed by atoms with Crippen molar-refractivity contribution in [2.75, 3.05) is 6.61 Å². The van der Waals surface area contributed by atoms with Crippen molar-refractivity contribution < 1.29 is 4.74 Å². The van der Waals surface area contributed by atoms with Gasteiger partial charge in [-0.05, 0) is 57.6 Å². The zero-order chi connectivity index (χ0) is 13.7. The Morgan fingerprint density at radius 2 is 1.79 bits per heavy atom. The van der Waals surface area contributed by atoms with E-state index in [9.17, 15) is 0 Å². The molecule has 1 atom stereocenters. The number of hydrogen-bond acceptors (Lipinski definition) is 2. The van der Waals surface area contributed by atoms with Gasteiger partial charge in [-0.15, -0.1) is 0 Å². The monoisotopic (exact) mass is 261 g/mol. The lowest BCUT2D eigenvalue weighted by Crippen LogP contribution is -2.41. The van der Waals surface area contributed by atoms with Crippen molar-refractivity contribution in [3.8, 4) is 5.75 Å². The summed E-state index contributed by atoms with van der Waals surface area (Å²) in [6.45, 7) is 7.42. The second-order valence-electron chi connectivity index (χ2n) is 6.15. The minimum atomic E-state index is 0.416. The molecule has 0 spiro atoms. The van der Waals surface area contributed by atoms with E-state index in [1.54, 1.807) is 0 Å². The zero-order valence-corrected chi connectivity index (χ0v) is 12.5. The van der Waals surface area contributed by atoms with Gasteiger partial charge in [-0.25, -0.2) is 0 Å². The van der Waals surface area contributed by atoms with Crippen LogP contribution in [0.25, 0.3) is 0 Å². The summed E-state index contributed by atoms with van der Waals surface area (Å²) in [5, 5.41) is 3.70. The van der Waals surface area contributed by atoms with Crippen LogP contribution in [0.15, 0.2) is 24.3 Å². The molecule has 1 aliphatic rings. The second kappa shape index (κ2) is 6.95. The molecule has 19 heavy (non-hydrogen) atoms. The van der Waals surface area contributed by atoms with E-state index in [2.05, 4.69) is 38.2 Å². The maximum Gasteiger partial charge on any atom is 0.119 e. The Kier molecular flexibility index (Phi) is 5.26. The van der Waals surface area contributed by atoms with E-state index in [0.717, 1.165) is 18.3 Å². The van der Waals surface area contributed by atoms with Crippen molar-refractivity contribution >= 4 is 0 Å². The minimum Gasteiger partial charge on any atom is -0.492 e. The van der Waals surface area contributed by atoms with Crippen LogP contribution >= 0.6 is 0 Å². The number of aryl methyl sites for hydroxylation is 1. The van der Waals surface area contributed by atoms with Gasteiger partial charge in [0, 0.05) is 12.1 Å². The van der Waals surface area contributed by atoms with E-state index in [4.69, 9.17) is 4.74 Å². The molecule has 2 nitrogen and oxygen atoms in total. The Labute approximate surface area is 117 Å². The molecule has 0 amide bonds. The van der Waals surface area contributed by atoms with Crippen LogP contribution in [0.4, 0.5) is 0 Å². The number of benzene rings is 1. The van der Waals surface area contributed by atoms with Gasteiger partial charge in [0.15, 0.2) is 0 Å². The number of nitrogens with one attached hydrogen (secondary N) is 1. The minimum absolute atomic E-state index is 0.416. The summed E-state index contributed by atoms with van der Waals surface area (Å²) in [6, 6.07) is 9.38. The average Bonchev–Trinajstić information content (AvgIpc) is 2.41. The van der Waals surface area contributed by atoms with E-state index >= 15 is 0 Å². The fourth-order valence-corrected chi connectivity index (χ4v) is 2.73. The Balaban J connectivity index is 1.69. The van der Waals surface area contributed by atoms with E-state index in [1.807, 2.05) is 12.1 Å². The summed E-state index contributed by atoms with van der Waals surface area (Å²) in [7, 11) is 0. The number of ether oxygens (including phenoxy) is 1. The van der Waals surface area contributed by atoms with Crippen molar-refractivity contribution in [2.24, 2.45) is 5.92 Å². The van der Waals surface area contributed by atoms with E-state index in [1.165, 1.54) is 31.2 Å². The third-order valence-corrected chi connectivity index (χ3v) is 4.06. The largest absolute Gasteiger partial charge is 0.492 e. The van der Waals surface area contributed by atoms with Crippen LogP contribution in [0.2, 0.25) is 0 Å². The molecular formula is C17H27NO. The second-order valence-corrected chi connectivity index (χ2v) is 6.15. The molecule has 1 N–H and O–H groups in total. The molecule has 1 aliphatic carbocycles. The normalized spacial score (nSPS) is 25.0. The smallest absolute Gasteiger partial charge is 0.119 e. The predicted octanol–water partition coefficient (Wildman–Crippen LogP) is 3.93. The molecule has 1 unspecified atom stereocenters. The van der Waals surface area contributed by atoms with Gasteiger partial charge >= 0.3 is 0 Å². The maximum atomic E-state index is 5.82. The Hall–Kier alpha value is -1.02. The van der Waals surface area contributed by atoms with Gasteiger partial charge in [-0.2, -0.15) is 0 Å². The summed E-state index contributed by atoms with van der Waals surface area (Å²) in [5.41, 5.74) is 1.27. The summed E-state index contributed by atoms with van der Waals surface area (Å²) in [4.78, 5) is 0. The molecular weight excluding hydrogens is 234 g/mol. The molecule has 2 rings (SSSR count). The molecule has 0 radical (unpaired) electrons. The molecule has 0 aliphatic heterocycles. The lowest BCUT2D eigenvalue weighted by atomic mass is 9.87. The van der Waals surface area contributed by atoms with E-state index in [-0.39, 0.29) is 0 Å². The van der Waals surface area contributed by atoms with E-state index in [0.29, 0.717) is 12.1 Å². The third kappa shape index (κ3) is 4.87. The van der Waals surface area contributed by atoms with Crippen molar-refractivity contribution in [3.05, 3.63) is 29.8 Å². The van der Waals surface area contributed by atoms with Crippen LogP contribution < -0.4 is 10.1 Å². The van der Waals surface area contributed by atoms with Crippen LogP contribution in [0.1, 0.15) is 45.1 Å².